The number of hydrogen-bond donors (Lipinski definition) is 1. The Bertz CT molecular complexity index is 954. The lowest BCUT2D eigenvalue weighted by molar-refractivity contribution is -0.0670. The van der Waals surface area contributed by atoms with Gasteiger partial charge < -0.3 is 14.6 Å². The van der Waals surface area contributed by atoms with Gasteiger partial charge in [0.15, 0.2) is 0 Å². The normalized spacial score (nSPS) is 25.6. The van der Waals surface area contributed by atoms with Crippen molar-refractivity contribution < 1.29 is 9.53 Å². The van der Waals surface area contributed by atoms with E-state index in [0.717, 1.165) is 47.5 Å². The molecule has 6 nitrogen and oxygen atoms in total. The van der Waals surface area contributed by atoms with Crippen molar-refractivity contribution in [1.82, 2.24) is 19.2 Å². The zero-order chi connectivity index (χ0) is 18.4. The van der Waals surface area contributed by atoms with E-state index in [0.29, 0.717) is 12.1 Å². The van der Waals surface area contributed by atoms with Crippen LogP contribution in [-0.2, 0) is 4.74 Å². The first-order valence-electron chi connectivity index (χ1n) is 9.32. The number of ether oxygens (including phenoxy) is 1. The lowest BCUT2D eigenvalue weighted by Gasteiger charge is -2.46. The Morgan fingerprint density at radius 1 is 1.22 bits per heavy atom. The van der Waals surface area contributed by atoms with E-state index in [4.69, 9.17) is 4.74 Å². The number of para-hydroxylation sites is 1. The third-order valence-electron chi connectivity index (χ3n) is 5.84. The summed E-state index contributed by atoms with van der Waals surface area (Å²) in [6, 6.07) is 11.0. The predicted molar refractivity (Wildman–Crippen MR) is 106 cm³/mol. The maximum Gasteiger partial charge on any atom is 0.253 e. The van der Waals surface area contributed by atoms with Crippen molar-refractivity contribution in [3.8, 4) is 5.00 Å². The van der Waals surface area contributed by atoms with E-state index >= 15 is 0 Å². The molecule has 2 fully saturated rings. The number of rotatable bonds is 3. The standard InChI is InChI=1S/C20H22N4O2S/c1-23-14-8-13(9-15(23)12-26-11-14)22-20(25)17-10-24(19-6-7-21-27-19)18-5-3-2-4-16(17)18/h2-7,10,13-15H,8-9,11-12H2,1H3,(H,22,25)/t13-,14-,15+. The molecule has 2 bridgehead atoms. The molecule has 4 heterocycles. The Kier molecular flexibility index (Phi) is 4.22. The molecule has 3 atom stereocenters. The van der Waals surface area contributed by atoms with E-state index in [2.05, 4.69) is 26.2 Å². The first-order chi connectivity index (χ1) is 13.2. The predicted octanol–water partition coefficient (Wildman–Crippen LogP) is 2.68. The first kappa shape index (κ1) is 16.9. The quantitative estimate of drug-likeness (QED) is 0.757. The third kappa shape index (κ3) is 2.96. The van der Waals surface area contributed by atoms with Gasteiger partial charge in [0.1, 0.15) is 5.00 Å². The second kappa shape index (κ2) is 6.74. The Morgan fingerprint density at radius 2 is 2.00 bits per heavy atom. The number of likely N-dealkylation sites (N-methyl/N-ethyl adjacent to an activating group) is 1. The van der Waals surface area contributed by atoms with Crippen LogP contribution in [0, 0.1) is 0 Å². The van der Waals surface area contributed by atoms with Crippen molar-refractivity contribution in [2.24, 2.45) is 0 Å². The Morgan fingerprint density at radius 3 is 2.74 bits per heavy atom. The van der Waals surface area contributed by atoms with E-state index in [1.165, 1.54) is 11.5 Å². The van der Waals surface area contributed by atoms with Crippen molar-refractivity contribution in [3.63, 3.8) is 0 Å². The SMILES string of the molecule is CN1[C@@H]2COC[C@H]1C[C@@H](NC(=O)c1cn(-c3ccns3)c3ccccc13)C2. The summed E-state index contributed by atoms with van der Waals surface area (Å²) in [5.74, 6) is 0.00279. The van der Waals surface area contributed by atoms with Crippen LogP contribution in [0.3, 0.4) is 0 Å². The largest absolute Gasteiger partial charge is 0.378 e. The molecule has 0 unspecified atom stereocenters. The van der Waals surface area contributed by atoms with E-state index in [9.17, 15) is 4.79 Å². The molecule has 2 aliphatic heterocycles. The number of carbonyl (C=O) groups is 1. The first-order valence-corrected chi connectivity index (χ1v) is 10.1. The highest BCUT2D eigenvalue weighted by molar-refractivity contribution is 7.08. The van der Waals surface area contributed by atoms with Crippen LogP contribution in [0.1, 0.15) is 23.2 Å². The smallest absolute Gasteiger partial charge is 0.253 e. The fourth-order valence-electron chi connectivity index (χ4n) is 4.35. The number of carbonyl (C=O) groups excluding carboxylic acids is 1. The lowest BCUT2D eigenvalue weighted by atomic mass is 9.90. The summed E-state index contributed by atoms with van der Waals surface area (Å²) in [4.78, 5) is 15.5. The zero-order valence-electron chi connectivity index (χ0n) is 15.2. The molecule has 0 saturated carbocycles. The van der Waals surface area contributed by atoms with Gasteiger partial charge >= 0.3 is 0 Å². The molecular formula is C20H22N4O2S. The van der Waals surface area contributed by atoms with Crippen LogP contribution in [0.5, 0.6) is 0 Å². The van der Waals surface area contributed by atoms with Crippen LogP contribution in [0.2, 0.25) is 0 Å². The van der Waals surface area contributed by atoms with Crippen LogP contribution < -0.4 is 5.32 Å². The summed E-state index contributed by atoms with van der Waals surface area (Å²) < 4.78 is 11.9. The second-order valence-corrected chi connectivity index (χ2v) is 8.24. The van der Waals surface area contributed by atoms with Crippen LogP contribution >= 0.6 is 11.5 Å². The summed E-state index contributed by atoms with van der Waals surface area (Å²) in [6.45, 7) is 1.51. The molecule has 0 radical (unpaired) electrons. The number of fused-ring (bicyclic) bond motifs is 3. The van der Waals surface area contributed by atoms with E-state index < -0.39 is 0 Å². The number of nitrogens with one attached hydrogen (secondary N) is 1. The Labute approximate surface area is 161 Å². The number of benzene rings is 1. The number of amides is 1. The van der Waals surface area contributed by atoms with E-state index in [1.807, 2.05) is 36.5 Å². The van der Waals surface area contributed by atoms with E-state index in [1.54, 1.807) is 6.20 Å². The summed E-state index contributed by atoms with van der Waals surface area (Å²) in [5.41, 5.74) is 1.75. The maximum atomic E-state index is 13.1. The van der Waals surface area contributed by atoms with Gasteiger partial charge in [0, 0.05) is 35.9 Å². The minimum absolute atomic E-state index is 0.00279. The maximum absolute atomic E-state index is 13.1. The Balaban J connectivity index is 1.43. The minimum atomic E-state index is 0.00279. The van der Waals surface area contributed by atoms with Crippen molar-refractivity contribution in [2.75, 3.05) is 20.3 Å². The lowest BCUT2D eigenvalue weighted by Crippen LogP contribution is -2.59. The fraction of sp³-hybridized carbons (Fsp3) is 0.400. The average Bonchev–Trinajstić information content (AvgIpc) is 3.30. The summed E-state index contributed by atoms with van der Waals surface area (Å²) in [5, 5.41) is 5.27. The Hall–Kier alpha value is -2.22. The van der Waals surface area contributed by atoms with Crippen molar-refractivity contribution in [3.05, 3.63) is 48.3 Å². The highest BCUT2D eigenvalue weighted by Crippen LogP contribution is 2.29. The van der Waals surface area contributed by atoms with Gasteiger partial charge in [-0.1, -0.05) is 18.2 Å². The molecule has 3 aromatic rings. The topological polar surface area (TPSA) is 59.4 Å². The summed E-state index contributed by atoms with van der Waals surface area (Å²) in [7, 11) is 2.17. The van der Waals surface area contributed by atoms with Gasteiger partial charge in [0.05, 0.1) is 24.3 Å². The highest BCUT2D eigenvalue weighted by atomic mass is 32.1. The molecule has 7 heteroatoms. The second-order valence-electron chi connectivity index (χ2n) is 7.43. The van der Waals surface area contributed by atoms with Crippen LogP contribution in [-0.4, -0.2) is 58.1 Å². The number of hydrogen-bond acceptors (Lipinski definition) is 5. The summed E-state index contributed by atoms with van der Waals surface area (Å²) in [6.07, 6.45) is 5.60. The summed E-state index contributed by atoms with van der Waals surface area (Å²) >= 11 is 1.42. The van der Waals surface area contributed by atoms with Gasteiger partial charge in [-0.3, -0.25) is 9.69 Å². The van der Waals surface area contributed by atoms with Gasteiger partial charge in [0.25, 0.3) is 5.91 Å². The molecule has 5 rings (SSSR count). The van der Waals surface area contributed by atoms with E-state index in [-0.39, 0.29) is 11.9 Å². The number of piperidine rings is 1. The number of aromatic nitrogens is 2. The minimum Gasteiger partial charge on any atom is -0.378 e. The molecule has 0 aliphatic carbocycles. The van der Waals surface area contributed by atoms with Crippen LogP contribution in [0.25, 0.3) is 15.9 Å². The molecule has 2 saturated heterocycles. The monoisotopic (exact) mass is 382 g/mol. The molecular weight excluding hydrogens is 360 g/mol. The average molecular weight is 382 g/mol. The molecule has 0 spiro atoms. The molecule has 1 aromatic carbocycles. The highest BCUT2D eigenvalue weighted by Gasteiger charge is 2.37. The van der Waals surface area contributed by atoms with Gasteiger partial charge in [-0.15, -0.1) is 0 Å². The molecule has 1 amide bonds. The molecule has 27 heavy (non-hydrogen) atoms. The van der Waals surface area contributed by atoms with Gasteiger partial charge in [-0.2, -0.15) is 4.37 Å². The van der Waals surface area contributed by atoms with Crippen molar-refractivity contribution in [1.29, 1.82) is 0 Å². The van der Waals surface area contributed by atoms with Gasteiger partial charge in [-0.25, -0.2) is 0 Å². The molecule has 1 N–H and O–H groups in total. The third-order valence-corrected chi connectivity index (χ3v) is 6.59. The number of nitrogens with zero attached hydrogens (tertiary/aromatic N) is 3. The van der Waals surface area contributed by atoms with Gasteiger partial charge in [-0.05, 0) is 43.6 Å². The number of morpholine rings is 1. The van der Waals surface area contributed by atoms with Crippen LogP contribution in [0.15, 0.2) is 42.7 Å². The fourth-order valence-corrected chi connectivity index (χ4v) is 4.94. The van der Waals surface area contributed by atoms with Crippen LogP contribution in [0.4, 0.5) is 0 Å². The zero-order valence-corrected chi connectivity index (χ0v) is 16.0. The molecule has 2 aromatic heterocycles. The molecule has 2 aliphatic rings. The van der Waals surface area contributed by atoms with Crippen molar-refractivity contribution >= 4 is 28.3 Å². The molecule has 140 valence electrons. The van der Waals surface area contributed by atoms with Crippen molar-refractivity contribution in [2.45, 2.75) is 31.0 Å². The van der Waals surface area contributed by atoms with Gasteiger partial charge in [0.2, 0.25) is 0 Å².